The predicted octanol–water partition coefficient (Wildman–Crippen LogP) is 3.62. The Kier molecular flexibility index (Phi) is 6.14. The SMILES string of the molecule is CC(F)Oc1cncc(-c2nn(-c3ccc(F)cc3)c3cc(C(=O)N[C@@]4(C)CCS(=O)(=O)C4)ncc23)c1. The Morgan fingerprint density at radius 3 is 2.62 bits per heavy atom. The molecule has 1 unspecified atom stereocenters. The van der Waals surface area contributed by atoms with Crippen molar-refractivity contribution in [2.45, 2.75) is 32.2 Å². The molecule has 0 aliphatic carbocycles. The number of aromatic nitrogens is 4. The van der Waals surface area contributed by atoms with E-state index in [4.69, 9.17) is 4.74 Å². The fraction of sp³-hybridized carbons (Fsp3) is 0.280. The predicted molar refractivity (Wildman–Crippen MR) is 132 cm³/mol. The minimum Gasteiger partial charge on any atom is -0.459 e. The van der Waals surface area contributed by atoms with Crippen molar-refractivity contribution >= 4 is 26.6 Å². The monoisotopic (exact) mass is 527 g/mol. The summed E-state index contributed by atoms with van der Waals surface area (Å²) in [6.07, 6.45) is 3.16. The zero-order chi connectivity index (χ0) is 26.4. The van der Waals surface area contributed by atoms with Gasteiger partial charge in [0.15, 0.2) is 9.84 Å². The second-order valence-electron chi connectivity index (χ2n) is 9.25. The quantitative estimate of drug-likeness (QED) is 0.407. The summed E-state index contributed by atoms with van der Waals surface area (Å²) < 4.78 is 57.5. The molecule has 1 amide bonds. The molecule has 1 saturated heterocycles. The molecule has 0 radical (unpaired) electrons. The van der Waals surface area contributed by atoms with Gasteiger partial charge in [0.1, 0.15) is 23.0 Å². The second kappa shape index (κ2) is 9.18. The fourth-order valence-corrected chi connectivity index (χ4v) is 6.47. The van der Waals surface area contributed by atoms with E-state index in [0.717, 1.165) is 0 Å². The van der Waals surface area contributed by atoms with Crippen molar-refractivity contribution in [2.24, 2.45) is 0 Å². The highest BCUT2D eigenvalue weighted by Crippen LogP contribution is 2.32. The van der Waals surface area contributed by atoms with Gasteiger partial charge < -0.3 is 10.1 Å². The Labute approximate surface area is 211 Å². The van der Waals surface area contributed by atoms with E-state index >= 15 is 0 Å². The topological polar surface area (TPSA) is 116 Å². The molecule has 4 heterocycles. The maximum absolute atomic E-state index is 13.6. The summed E-state index contributed by atoms with van der Waals surface area (Å²) in [4.78, 5) is 21.5. The van der Waals surface area contributed by atoms with Gasteiger partial charge in [-0.25, -0.2) is 21.9 Å². The minimum atomic E-state index is -3.22. The van der Waals surface area contributed by atoms with Crippen LogP contribution in [0, 0.1) is 5.82 Å². The Balaban J connectivity index is 1.59. The molecule has 1 aliphatic heterocycles. The van der Waals surface area contributed by atoms with E-state index in [1.807, 2.05) is 0 Å². The largest absolute Gasteiger partial charge is 0.459 e. The number of fused-ring (bicyclic) bond motifs is 1. The summed E-state index contributed by atoms with van der Waals surface area (Å²) in [5, 5.41) is 8.03. The third-order valence-corrected chi connectivity index (χ3v) is 7.98. The summed E-state index contributed by atoms with van der Waals surface area (Å²) >= 11 is 0. The molecule has 192 valence electrons. The summed E-state index contributed by atoms with van der Waals surface area (Å²) in [5.41, 5.74) is 1.16. The van der Waals surface area contributed by atoms with Gasteiger partial charge in [-0.15, -0.1) is 0 Å². The van der Waals surface area contributed by atoms with Gasteiger partial charge in [-0.1, -0.05) is 0 Å². The van der Waals surface area contributed by atoms with E-state index in [1.54, 1.807) is 25.1 Å². The van der Waals surface area contributed by atoms with E-state index in [-0.39, 0.29) is 22.9 Å². The number of nitrogens with zero attached hydrogens (tertiary/aromatic N) is 4. The van der Waals surface area contributed by atoms with Crippen LogP contribution in [0.2, 0.25) is 0 Å². The molecular weight excluding hydrogens is 504 g/mol. The highest BCUT2D eigenvalue weighted by Gasteiger charge is 2.39. The molecule has 1 aromatic carbocycles. The highest BCUT2D eigenvalue weighted by molar-refractivity contribution is 7.91. The van der Waals surface area contributed by atoms with Gasteiger partial charge in [0, 0.05) is 30.3 Å². The first kappa shape index (κ1) is 24.8. The van der Waals surface area contributed by atoms with Crippen molar-refractivity contribution in [1.82, 2.24) is 25.1 Å². The van der Waals surface area contributed by atoms with E-state index in [0.29, 0.717) is 34.3 Å². The smallest absolute Gasteiger partial charge is 0.270 e. The molecule has 2 atom stereocenters. The van der Waals surface area contributed by atoms with Gasteiger partial charge in [-0.2, -0.15) is 5.10 Å². The van der Waals surface area contributed by atoms with E-state index < -0.39 is 33.5 Å². The van der Waals surface area contributed by atoms with Crippen LogP contribution in [0.3, 0.4) is 0 Å². The minimum absolute atomic E-state index is 0.00887. The zero-order valence-corrected chi connectivity index (χ0v) is 20.8. The number of hydrogen-bond donors (Lipinski definition) is 1. The number of pyridine rings is 2. The number of sulfone groups is 1. The third-order valence-electron chi connectivity index (χ3n) is 6.07. The van der Waals surface area contributed by atoms with Crippen LogP contribution in [-0.4, -0.2) is 57.5 Å². The molecule has 37 heavy (non-hydrogen) atoms. The van der Waals surface area contributed by atoms with Gasteiger partial charge in [-0.05, 0) is 49.7 Å². The molecule has 0 bridgehead atoms. The number of ether oxygens (including phenoxy) is 1. The number of rotatable bonds is 6. The average molecular weight is 528 g/mol. The van der Waals surface area contributed by atoms with Crippen molar-refractivity contribution in [2.75, 3.05) is 11.5 Å². The normalized spacial score (nSPS) is 19.6. The van der Waals surface area contributed by atoms with Gasteiger partial charge in [0.25, 0.3) is 5.91 Å². The first-order valence-corrected chi connectivity index (χ1v) is 13.3. The summed E-state index contributed by atoms with van der Waals surface area (Å²) in [5.74, 6) is -0.871. The third kappa shape index (κ3) is 5.15. The number of carbonyl (C=O) groups is 1. The number of amides is 1. The first-order valence-electron chi connectivity index (χ1n) is 11.5. The lowest BCUT2D eigenvalue weighted by molar-refractivity contribution is 0.0856. The van der Waals surface area contributed by atoms with Crippen molar-refractivity contribution in [1.29, 1.82) is 0 Å². The lowest BCUT2D eigenvalue weighted by Crippen LogP contribution is -2.47. The molecule has 3 aromatic heterocycles. The number of nitrogens with one attached hydrogen (secondary N) is 1. The average Bonchev–Trinajstić information content (AvgIpc) is 3.35. The van der Waals surface area contributed by atoms with Crippen LogP contribution in [0.5, 0.6) is 5.75 Å². The summed E-state index contributed by atoms with van der Waals surface area (Å²) in [6, 6.07) is 8.78. The van der Waals surface area contributed by atoms with Crippen LogP contribution in [0.4, 0.5) is 8.78 Å². The van der Waals surface area contributed by atoms with Crippen molar-refractivity contribution in [3.63, 3.8) is 0 Å². The Morgan fingerprint density at radius 1 is 1.19 bits per heavy atom. The molecule has 1 N–H and O–H groups in total. The van der Waals surface area contributed by atoms with Crippen LogP contribution in [0.25, 0.3) is 27.8 Å². The summed E-state index contributed by atoms with van der Waals surface area (Å²) in [7, 11) is -3.22. The number of hydrogen-bond acceptors (Lipinski definition) is 7. The molecule has 4 aromatic rings. The second-order valence-corrected chi connectivity index (χ2v) is 11.4. The van der Waals surface area contributed by atoms with Gasteiger partial charge in [0.2, 0.25) is 6.36 Å². The van der Waals surface area contributed by atoms with Crippen molar-refractivity contribution in [3.05, 3.63) is 66.5 Å². The van der Waals surface area contributed by atoms with Gasteiger partial charge in [-0.3, -0.25) is 14.8 Å². The number of halogens is 2. The Hall–Kier alpha value is -3.93. The maximum Gasteiger partial charge on any atom is 0.270 e. The van der Waals surface area contributed by atoms with E-state index in [9.17, 15) is 22.0 Å². The van der Waals surface area contributed by atoms with Crippen molar-refractivity contribution < 1.29 is 26.7 Å². The molecule has 0 spiro atoms. The van der Waals surface area contributed by atoms with Crippen molar-refractivity contribution in [3.8, 4) is 22.7 Å². The lowest BCUT2D eigenvalue weighted by Gasteiger charge is -2.23. The highest BCUT2D eigenvalue weighted by atomic mass is 32.2. The van der Waals surface area contributed by atoms with Crippen LogP contribution in [0.15, 0.2) is 55.0 Å². The maximum atomic E-state index is 13.6. The van der Waals surface area contributed by atoms with Gasteiger partial charge in [0.05, 0.1) is 34.4 Å². The molecule has 1 aliphatic rings. The standard InChI is InChI=1S/C25H23F2N5O4S/c1-15(26)36-19-9-16(11-28-12-19)23-20-13-29-21(24(33)30-25(2)7-8-37(34,35)14-25)10-22(20)32(31-23)18-5-3-17(27)4-6-18/h3-6,9-13,15H,7-8,14H2,1-2H3,(H,30,33)/t15?,25-/m0/s1. The van der Waals surface area contributed by atoms with Crippen LogP contribution in [-0.2, 0) is 9.84 Å². The molecular formula is C25H23F2N5O4S. The zero-order valence-electron chi connectivity index (χ0n) is 20.0. The van der Waals surface area contributed by atoms with Crippen LogP contribution in [0.1, 0.15) is 30.8 Å². The first-order chi connectivity index (χ1) is 17.5. The van der Waals surface area contributed by atoms with E-state index in [1.165, 1.54) is 48.4 Å². The fourth-order valence-electron chi connectivity index (χ4n) is 4.37. The number of alkyl halides is 1. The Bertz CT molecular complexity index is 1610. The Morgan fingerprint density at radius 2 is 1.95 bits per heavy atom. The van der Waals surface area contributed by atoms with Gasteiger partial charge >= 0.3 is 0 Å². The van der Waals surface area contributed by atoms with Crippen LogP contribution < -0.4 is 10.1 Å². The molecule has 1 fully saturated rings. The molecule has 5 rings (SSSR count). The molecule has 12 heteroatoms. The summed E-state index contributed by atoms with van der Waals surface area (Å²) in [6.45, 7) is 2.94. The van der Waals surface area contributed by atoms with E-state index in [2.05, 4.69) is 20.4 Å². The number of carbonyl (C=O) groups excluding carboxylic acids is 1. The number of benzene rings is 1. The lowest BCUT2D eigenvalue weighted by atomic mass is 10.0. The van der Waals surface area contributed by atoms with Crippen LogP contribution >= 0.6 is 0 Å². The molecule has 9 nitrogen and oxygen atoms in total. The molecule has 0 saturated carbocycles.